The van der Waals surface area contributed by atoms with Gasteiger partial charge in [0.05, 0.1) is 0 Å². The number of hydrogen-bond donors (Lipinski definition) is 3. The maximum absolute atomic E-state index is 12.3. The smallest absolute Gasteiger partial charge is 0.408 e. The molecular weight excluding hydrogens is 330 g/mol. The second kappa shape index (κ2) is 9.66. The predicted molar refractivity (Wildman–Crippen MR) is 97.9 cm³/mol. The molecule has 0 heterocycles. The Morgan fingerprint density at radius 3 is 2.04 bits per heavy atom. The Bertz CT molecular complexity index is 442. The van der Waals surface area contributed by atoms with Crippen LogP contribution in [0.15, 0.2) is 0 Å². The first kappa shape index (κ1) is 22.4. The van der Waals surface area contributed by atoms with Gasteiger partial charge in [-0.2, -0.15) is 0 Å². The first-order valence-corrected chi connectivity index (χ1v) is 8.43. The summed E-state index contributed by atoms with van der Waals surface area (Å²) < 4.78 is 10.6. The lowest BCUT2D eigenvalue weighted by atomic mass is 10.1. The molecule has 0 unspecified atom stereocenters. The second-order valence-electron chi connectivity index (χ2n) is 7.38. The molecule has 0 spiro atoms. The molecule has 0 aliphatic rings. The van der Waals surface area contributed by atoms with Crippen LogP contribution in [0.25, 0.3) is 0 Å². The Balaban J connectivity index is 4.68. The van der Waals surface area contributed by atoms with E-state index in [0.717, 1.165) is 0 Å². The molecule has 1 amide bonds. The van der Waals surface area contributed by atoms with E-state index in [0.29, 0.717) is 24.5 Å². The molecule has 0 aliphatic heterocycles. The highest BCUT2D eigenvalue weighted by molar-refractivity contribution is 7.80. The van der Waals surface area contributed by atoms with E-state index in [4.69, 9.17) is 21.7 Å². The van der Waals surface area contributed by atoms with Gasteiger partial charge in [0.2, 0.25) is 0 Å². The van der Waals surface area contributed by atoms with Gasteiger partial charge >= 0.3 is 12.1 Å². The molecule has 0 aliphatic carbocycles. The Hall–Kier alpha value is -1.57. The number of hydrogen-bond acceptors (Lipinski definition) is 5. The minimum absolute atomic E-state index is 0.410. The SMILES string of the molecule is CNC(=S)NCCC[C@H](NC(=O)OC(C)(C)C)C(=O)OC(C)(C)C. The number of nitrogens with one attached hydrogen (secondary N) is 3. The van der Waals surface area contributed by atoms with Gasteiger partial charge < -0.3 is 25.4 Å². The molecule has 24 heavy (non-hydrogen) atoms. The maximum atomic E-state index is 12.3. The fourth-order valence-corrected chi connectivity index (χ4v) is 1.77. The second-order valence-corrected chi connectivity index (χ2v) is 7.79. The summed E-state index contributed by atoms with van der Waals surface area (Å²) in [6, 6.07) is -0.774. The van der Waals surface area contributed by atoms with Crippen LogP contribution >= 0.6 is 12.2 Å². The lowest BCUT2D eigenvalue weighted by Gasteiger charge is -2.26. The number of carbonyl (C=O) groups excluding carboxylic acids is 2. The zero-order valence-corrected chi connectivity index (χ0v) is 16.6. The van der Waals surface area contributed by atoms with Crippen LogP contribution in [0, 0.1) is 0 Å². The summed E-state index contributed by atoms with van der Waals surface area (Å²) in [6.07, 6.45) is 0.395. The third-order valence-electron chi connectivity index (χ3n) is 2.56. The molecule has 0 aromatic carbocycles. The highest BCUT2D eigenvalue weighted by atomic mass is 32.1. The van der Waals surface area contributed by atoms with Gasteiger partial charge in [-0.1, -0.05) is 0 Å². The number of ether oxygens (including phenoxy) is 2. The molecule has 3 N–H and O–H groups in total. The van der Waals surface area contributed by atoms with Crippen LogP contribution < -0.4 is 16.0 Å². The fourth-order valence-electron chi connectivity index (χ4n) is 1.67. The van der Waals surface area contributed by atoms with E-state index in [-0.39, 0.29) is 0 Å². The zero-order chi connectivity index (χ0) is 19.0. The van der Waals surface area contributed by atoms with Crippen molar-refractivity contribution in [3.8, 4) is 0 Å². The molecule has 140 valence electrons. The van der Waals surface area contributed by atoms with Crippen LogP contribution in [0.5, 0.6) is 0 Å². The molecule has 0 radical (unpaired) electrons. The van der Waals surface area contributed by atoms with E-state index in [9.17, 15) is 9.59 Å². The summed E-state index contributed by atoms with van der Waals surface area (Å²) in [4.78, 5) is 24.2. The molecule has 0 saturated heterocycles. The summed E-state index contributed by atoms with van der Waals surface area (Å²) in [6.45, 7) is 11.2. The molecule has 8 heteroatoms. The van der Waals surface area contributed by atoms with Crippen molar-refractivity contribution in [1.82, 2.24) is 16.0 Å². The van der Waals surface area contributed by atoms with E-state index in [1.54, 1.807) is 48.6 Å². The van der Waals surface area contributed by atoms with E-state index >= 15 is 0 Å². The van der Waals surface area contributed by atoms with Crippen molar-refractivity contribution in [2.45, 2.75) is 71.6 Å². The van der Waals surface area contributed by atoms with Gasteiger partial charge in [0.15, 0.2) is 5.11 Å². The van der Waals surface area contributed by atoms with Crippen LogP contribution in [-0.4, -0.2) is 48.0 Å². The quantitative estimate of drug-likeness (QED) is 0.379. The molecular formula is C16H31N3O4S. The van der Waals surface area contributed by atoms with Crippen LogP contribution in [-0.2, 0) is 14.3 Å². The van der Waals surface area contributed by atoms with Crippen LogP contribution in [0.4, 0.5) is 4.79 Å². The zero-order valence-electron chi connectivity index (χ0n) is 15.7. The van der Waals surface area contributed by atoms with Gasteiger partial charge in [-0.3, -0.25) is 0 Å². The molecule has 0 rings (SSSR count). The van der Waals surface area contributed by atoms with E-state index in [1.807, 2.05) is 0 Å². The van der Waals surface area contributed by atoms with Crippen LogP contribution in [0.2, 0.25) is 0 Å². The van der Waals surface area contributed by atoms with Crippen molar-refractivity contribution in [3.63, 3.8) is 0 Å². The van der Waals surface area contributed by atoms with Crippen molar-refractivity contribution in [1.29, 1.82) is 0 Å². The average Bonchev–Trinajstić information content (AvgIpc) is 2.37. The van der Waals surface area contributed by atoms with Gasteiger partial charge in [-0.25, -0.2) is 9.59 Å². The van der Waals surface area contributed by atoms with Gasteiger partial charge in [-0.15, -0.1) is 0 Å². The first-order valence-electron chi connectivity index (χ1n) is 8.02. The lowest BCUT2D eigenvalue weighted by molar-refractivity contribution is -0.157. The molecule has 0 fully saturated rings. The van der Waals surface area contributed by atoms with Crippen molar-refractivity contribution >= 4 is 29.4 Å². The number of carbonyl (C=O) groups is 2. The highest BCUT2D eigenvalue weighted by Gasteiger charge is 2.28. The van der Waals surface area contributed by atoms with Gasteiger partial charge in [-0.05, 0) is 66.6 Å². The summed E-state index contributed by atoms with van der Waals surface area (Å²) >= 11 is 4.98. The molecule has 0 aromatic heterocycles. The molecule has 0 bridgehead atoms. The summed E-state index contributed by atoms with van der Waals surface area (Å²) in [5, 5.41) is 8.91. The number of amides is 1. The minimum Gasteiger partial charge on any atom is -0.458 e. The van der Waals surface area contributed by atoms with Crippen LogP contribution in [0.1, 0.15) is 54.4 Å². The summed E-state index contributed by atoms with van der Waals surface area (Å²) in [5.41, 5.74) is -1.26. The van der Waals surface area contributed by atoms with Crippen molar-refractivity contribution < 1.29 is 19.1 Å². The van der Waals surface area contributed by atoms with E-state index < -0.39 is 29.3 Å². The first-order chi connectivity index (χ1) is 10.8. The third kappa shape index (κ3) is 11.9. The number of alkyl carbamates (subject to hydrolysis) is 1. The Labute approximate surface area is 150 Å². The number of thiocarbonyl (C=S) groups is 1. The average molecular weight is 362 g/mol. The molecule has 1 atom stereocenters. The van der Waals surface area contributed by atoms with E-state index in [2.05, 4.69) is 16.0 Å². The maximum Gasteiger partial charge on any atom is 0.408 e. The van der Waals surface area contributed by atoms with Gasteiger partial charge in [0, 0.05) is 13.6 Å². The van der Waals surface area contributed by atoms with E-state index in [1.165, 1.54) is 0 Å². The van der Waals surface area contributed by atoms with Crippen molar-refractivity contribution in [2.75, 3.05) is 13.6 Å². The van der Waals surface area contributed by atoms with Gasteiger partial charge in [0.25, 0.3) is 0 Å². The molecule has 0 aromatic rings. The predicted octanol–water partition coefficient (Wildman–Crippen LogP) is 2.10. The summed E-state index contributed by atoms with van der Waals surface area (Å²) in [5.74, 6) is -0.482. The largest absolute Gasteiger partial charge is 0.458 e. The van der Waals surface area contributed by atoms with Crippen molar-refractivity contribution in [3.05, 3.63) is 0 Å². The number of esters is 1. The summed E-state index contributed by atoms with van der Waals surface area (Å²) in [7, 11) is 1.73. The fraction of sp³-hybridized carbons (Fsp3) is 0.812. The minimum atomic E-state index is -0.774. The van der Waals surface area contributed by atoms with Crippen LogP contribution in [0.3, 0.4) is 0 Å². The Morgan fingerprint density at radius 1 is 1.04 bits per heavy atom. The monoisotopic (exact) mass is 361 g/mol. The molecule has 7 nitrogen and oxygen atoms in total. The Kier molecular flexibility index (Phi) is 9.03. The number of rotatable bonds is 6. The Morgan fingerprint density at radius 2 is 1.58 bits per heavy atom. The molecule has 0 saturated carbocycles. The normalized spacial score (nSPS) is 12.8. The standard InChI is InChI=1S/C16H31N3O4S/c1-15(2,3)22-12(20)11(9-8-10-18-13(24)17-7)19-14(21)23-16(4,5)6/h11H,8-10H2,1-7H3,(H,19,21)(H2,17,18,24)/t11-/m0/s1. The lowest BCUT2D eigenvalue weighted by Crippen LogP contribution is -2.46. The third-order valence-corrected chi connectivity index (χ3v) is 2.91. The van der Waals surface area contributed by atoms with Crippen molar-refractivity contribution in [2.24, 2.45) is 0 Å². The topological polar surface area (TPSA) is 88.7 Å². The van der Waals surface area contributed by atoms with Gasteiger partial charge in [0.1, 0.15) is 17.2 Å². The highest BCUT2D eigenvalue weighted by Crippen LogP contribution is 2.12.